The first kappa shape index (κ1) is 24.4. The van der Waals surface area contributed by atoms with Crippen LogP contribution in [0.4, 0.5) is 16.0 Å². The van der Waals surface area contributed by atoms with E-state index in [1.165, 1.54) is 12.1 Å². The molecule has 0 aliphatic carbocycles. The van der Waals surface area contributed by atoms with Crippen LogP contribution in [0.25, 0.3) is 0 Å². The summed E-state index contributed by atoms with van der Waals surface area (Å²) in [7, 11) is 1.84. The monoisotopic (exact) mass is 554 g/mol. The number of hydrogen-bond donors (Lipinski definition) is 1. The molecule has 2 fully saturated rings. The molecule has 0 bridgehead atoms. The number of aliphatic imine (C=N–C) groups is 1. The van der Waals surface area contributed by atoms with Crippen LogP contribution in [0.15, 0.2) is 47.7 Å². The molecule has 10 heteroatoms. The normalized spacial score (nSPS) is 17.8. The van der Waals surface area contributed by atoms with E-state index in [4.69, 9.17) is 0 Å². The Labute approximate surface area is 206 Å². The molecule has 0 atom stereocenters. The Morgan fingerprint density at radius 1 is 0.938 bits per heavy atom. The summed E-state index contributed by atoms with van der Waals surface area (Å²) in [4.78, 5) is 22.5. The molecular formula is C22H32FIN8. The molecule has 2 saturated heterocycles. The highest BCUT2D eigenvalue weighted by Gasteiger charge is 2.21. The Morgan fingerprint density at radius 3 is 2.19 bits per heavy atom. The van der Waals surface area contributed by atoms with E-state index in [0.29, 0.717) is 0 Å². The minimum atomic E-state index is -0.184. The zero-order chi connectivity index (χ0) is 21.5. The predicted molar refractivity (Wildman–Crippen MR) is 138 cm³/mol. The Hall–Kier alpha value is -2.21. The number of rotatable bonds is 5. The molecule has 4 rings (SSSR count). The summed E-state index contributed by atoms with van der Waals surface area (Å²) in [5.74, 6) is 1.57. The van der Waals surface area contributed by atoms with Gasteiger partial charge in [-0.3, -0.25) is 9.89 Å². The van der Waals surface area contributed by atoms with Crippen molar-refractivity contribution in [2.45, 2.75) is 0 Å². The lowest BCUT2D eigenvalue weighted by atomic mass is 10.2. The van der Waals surface area contributed by atoms with Gasteiger partial charge in [0, 0.05) is 90.6 Å². The third kappa shape index (κ3) is 6.41. The van der Waals surface area contributed by atoms with E-state index in [9.17, 15) is 4.39 Å². The van der Waals surface area contributed by atoms with Gasteiger partial charge in [-0.1, -0.05) is 0 Å². The van der Waals surface area contributed by atoms with Crippen molar-refractivity contribution in [1.82, 2.24) is 25.1 Å². The quantitative estimate of drug-likeness (QED) is 0.344. The van der Waals surface area contributed by atoms with Crippen molar-refractivity contribution in [2.24, 2.45) is 4.99 Å². The van der Waals surface area contributed by atoms with Crippen molar-refractivity contribution in [2.75, 3.05) is 82.3 Å². The summed E-state index contributed by atoms with van der Waals surface area (Å²) in [6, 6.07) is 8.63. The highest BCUT2D eigenvalue weighted by Crippen LogP contribution is 2.16. The summed E-state index contributed by atoms with van der Waals surface area (Å²) < 4.78 is 13.1. The smallest absolute Gasteiger partial charge is 0.225 e. The largest absolute Gasteiger partial charge is 0.369 e. The van der Waals surface area contributed by atoms with E-state index < -0.39 is 0 Å². The van der Waals surface area contributed by atoms with Crippen molar-refractivity contribution >= 4 is 41.6 Å². The van der Waals surface area contributed by atoms with Crippen molar-refractivity contribution in [3.05, 3.63) is 48.5 Å². The minimum absolute atomic E-state index is 0. The fourth-order valence-corrected chi connectivity index (χ4v) is 4.11. The molecule has 2 aliphatic rings. The van der Waals surface area contributed by atoms with E-state index in [0.717, 1.165) is 83.0 Å². The first-order valence-electron chi connectivity index (χ1n) is 10.9. The SMILES string of the molecule is CN=C(NCCN1CCN(c2ccc(F)cc2)CC1)N1CCN(c2ncccn2)CC1.I. The zero-order valence-corrected chi connectivity index (χ0v) is 20.9. The number of aromatic nitrogens is 2. The molecule has 0 radical (unpaired) electrons. The van der Waals surface area contributed by atoms with Crippen LogP contribution in [0.5, 0.6) is 0 Å². The van der Waals surface area contributed by atoms with Crippen LogP contribution >= 0.6 is 24.0 Å². The van der Waals surface area contributed by atoms with Crippen molar-refractivity contribution in [3.63, 3.8) is 0 Å². The molecule has 1 aromatic heterocycles. The fraction of sp³-hybridized carbons (Fsp3) is 0.500. The number of anilines is 2. The average molecular weight is 554 g/mol. The van der Waals surface area contributed by atoms with E-state index in [1.807, 2.05) is 25.2 Å². The van der Waals surface area contributed by atoms with Crippen LogP contribution in [-0.2, 0) is 0 Å². The maximum absolute atomic E-state index is 13.1. The van der Waals surface area contributed by atoms with E-state index in [-0.39, 0.29) is 29.8 Å². The number of nitrogens with one attached hydrogen (secondary N) is 1. The van der Waals surface area contributed by atoms with Crippen LogP contribution in [0.3, 0.4) is 0 Å². The van der Waals surface area contributed by atoms with Gasteiger partial charge in [-0.05, 0) is 30.3 Å². The summed E-state index contributed by atoms with van der Waals surface area (Å²) in [5.41, 5.74) is 1.10. The van der Waals surface area contributed by atoms with E-state index in [2.05, 4.69) is 39.9 Å². The summed E-state index contributed by atoms with van der Waals surface area (Å²) in [6.45, 7) is 9.35. The number of guanidine groups is 1. The second-order valence-electron chi connectivity index (χ2n) is 7.80. The average Bonchev–Trinajstić information content (AvgIpc) is 2.84. The van der Waals surface area contributed by atoms with Crippen molar-refractivity contribution in [3.8, 4) is 0 Å². The predicted octanol–water partition coefficient (Wildman–Crippen LogP) is 1.75. The van der Waals surface area contributed by atoms with Crippen LogP contribution in [-0.4, -0.2) is 98.2 Å². The van der Waals surface area contributed by atoms with Gasteiger partial charge in [0.05, 0.1) is 0 Å². The molecule has 3 heterocycles. The maximum atomic E-state index is 13.1. The number of benzene rings is 1. The molecule has 8 nitrogen and oxygen atoms in total. The third-order valence-corrected chi connectivity index (χ3v) is 5.90. The van der Waals surface area contributed by atoms with Gasteiger partial charge in [0.25, 0.3) is 0 Å². The van der Waals surface area contributed by atoms with Gasteiger partial charge < -0.3 is 20.0 Å². The Kier molecular flexibility index (Phi) is 9.27. The van der Waals surface area contributed by atoms with Gasteiger partial charge in [-0.15, -0.1) is 24.0 Å². The lowest BCUT2D eigenvalue weighted by molar-refractivity contribution is 0.260. The number of hydrogen-bond acceptors (Lipinski definition) is 6. The second-order valence-corrected chi connectivity index (χ2v) is 7.80. The highest BCUT2D eigenvalue weighted by molar-refractivity contribution is 14.0. The molecule has 2 aromatic rings. The van der Waals surface area contributed by atoms with Crippen LogP contribution < -0.4 is 15.1 Å². The molecule has 0 amide bonds. The lowest BCUT2D eigenvalue weighted by Crippen LogP contribution is -2.54. The molecular weight excluding hydrogens is 522 g/mol. The Morgan fingerprint density at radius 2 is 1.56 bits per heavy atom. The van der Waals surface area contributed by atoms with Gasteiger partial charge in [0.15, 0.2) is 5.96 Å². The van der Waals surface area contributed by atoms with Crippen LogP contribution in [0.1, 0.15) is 0 Å². The summed E-state index contributed by atoms with van der Waals surface area (Å²) in [6.07, 6.45) is 3.57. The molecule has 0 unspecified atom stereocenters. The first-order chi connectivity index (χ1) is 15.2. The number of nitrogens with zero attached hydrogens (tertiary/aromatic N) is 7. The molecule has 1 aromatic carbocycles. The van der Waals surface area contributed by atoms with Gasteiger partial charge in [-0.25, -0.2) is 14.4 Å². The summed E-state index contributed by atoms with van der Waals surface area (Å²) >= 11 is 0. The minimum Gasteiger partial charge on any atom is -0.369 e. The van der Waals surface area contributed by atoms with Crippen LogP contribution in [0, 0.1) is 5.82 Å². The van der Waals surface area contributed by atoms with E-state index in [1.54, 1.807) is 12.4 Å². The zero-order valence-electron chi connectivity index (χ0n) is 18.5. The topological polar surface area (TPSA) is 63.1 Å². The third-order valence-electron chi connectivity index (χ3n) is 5.90. The van der Waals surface area contributed by atoms with Gasteiger partial charge >= 0.3 is 0 Å². The Balaban J connectivity index is 0.00000289. The fourth-order valence-electron chi connectivity index (χ4n) is 4.11. The molecule has 0 saturated carbocycles. The maximum Gasteiger partial charge on any atom is 0.225 e. The van der Waals surface area contributed by atoms with Crippen LogP contribution in [0.2, 0.25) is 0 Å². The Bertz CT molecular complexity index is 835. The highest BCUT2D eigenvalue weighted by atomic mass is 127. The summed E-state index contributed by atoms with van der Waals surface area (Å²) in [5, 5.41) is 3.52. The number of piperazine rings is 2. The molecule has 1 N–H and O–H groups in total. The van der Waals surface area contributed by atoms with Crippen molar-refractivity contribution in [1.29, 1.82) is 0 Å². The first-order valence-corrected chi connectivity index (χ1v) is 10.9. The van der Waals surface area contributed by atoms with Gasteiger partial charge in [0.1, 0.15) is 5.82 Å². The van der Waals surface area contributed by atoms with Gasteiger partial charge in [0.2, 0.25) is 5.95 Å². The standard InChI is InChI=1S/C22H31FN8.HI/c1-24-21(30-15-17-31(18-16-30)22-25-7-2-8-26-22)27-9-10-28-11-13-29(14-12-28)20-5-3-19(23)4-6-20;/h2-8H,9-18H2,1H3,(H,24,27);1H. The molecule has 32 heavy (non-hydrogen) atoms. The number of halogens is 2. The van der Waals surface area contributed by atoms with Crippen molar-refractivity contribution < 1.29 is 4.39 Å². The molecule has 0 spiro atoms. The van der Waals surface area contributed by atoms with Gasteiger partial charge in [-0.2, -0.15) is 0 Å². The van der Waals surface area contributed by atoms with E-state index >= 15 is 0 Å². The molecule has 174 valence electrons. The molecule has 2 aliphatic heterocycles. The second kappa shape index (κ2) is 12.1. The lowest BCUT2D eigenvalue weighted by Gasteiger charge is -2.37.